The second-order valence-electron chi connectivity index (χ2n) is 5.91. The third-order valence-corrected chi connectivity index (χ3v) is 3.97. The van der Waals surface area contributed by atoms with Crippen molar-refractivity contribution < 1.29 is 0 Å². The molecule has 1 heterocycles. The second-order valence-corrected chi connectivity index (χ2v) is 5.91. The molecule has 2 rings (SSSR count). The molecule has 1 atom stereocenters. The van der Waals surface area contributed by atoms with Crippen LogP contribution in [0.1, 0.15) is 39.2 Å². The van der Waals surface area contributed by atoms with Gasteiger partial charge in [-0.05, 0) is 43.0 Å². The van der Waals surface area contributed by atoms with Gasteiger partial charge in [-0.2, -0.15) is 0 Å². The Kier molecular flexibility index (Phi) is 5.34. The molecule has 1 N–H and O–H groups in total. The Balaban J connectivity index is 1.94. The average Bonchev–Trinajstić information content (AvgIpc) is 3.22. The highest BCUT2D eigenvalue weighted by Gasteiger charge is 2.25. The van der Waals surface area contributed by atoms with Gasteiger partial charge in [0.2, 0.25) is 0 Å². The number of hydrogen-bond acceptors (Lipinski definition) is 3. The number of pyridine rings is 1. The summed E-state index contributed by atoms with van der Waals surface area (Å²) in [5, 5.41) is 3.68. The summed E-state index contributed by atoms with van der Waals surface area (Å²) in [4.78, 5) is 6.67. The summed E-state index contributed by atoms with van der Waals surface area (Å²) >= 11 is 0. The molecule has 0 bridgehead atoms. The van der Waals surface area contributed by atoms with Gasteiger partial charge in [0.15, 0.2) is 0 Å². The van der Waals surface area contributed by atoms with Crippen LogP contribution in [0.5, 0.6) is 0 Å². The fourth-order valence-corrected chi connectivity index (χ4v) is 2.55. The molecule has 1 aliphatic carbocycles. The van der Waals surface area contributed by atoms with Gasteiger partial charge >= 0.3 is 0 Å². The number of nitrogens with one attached hydrogen (secondary N) is 1. The quantitative estimate of drug-likeness (QED) is 0.780. The summed E-state index contributed by atoms with van der Waals surface area (Å²) in [5.41, 5.74) is 1.36. The van der Waals surface area contributed by atoms with E-state index >= 15 is 0 Å². The molecule has 106 valence electrons. The molecule has 1 fully saturated rings. The molecule has 0 aromatic carbocycles. The fraction of sp³-hybridized carbons (Fsp3) is 0.688. The average molecular weight is 261 g/mol. The van der Waals surface area contributed by atoms with Crippen LogP contribution >= 0.6 is 0 Å². The van der Waals surface area contributed by atoms with Crippen LogP contribution in [0, 0.1) is 5.92 Å². The maximum Gasteiger partial charge on any atom is 0.0271 e. The lowest BCUT2D eigenvalue weighted by atomic mass is 10.0. The zero-order valence-corrected chi connectivity index (χ0v) is 12.5. The van der Waals surface area contributed by atoms with Crippen LogP contribution in [0.3, 0.4) is 0 Å². The minimum atomic E-state index is 0.610. The third kappa shape index (κ3) is 4.59. The largest absolute Gasteiger partial charge is 0.312 e. The van der Waals surface area contributed by atoms with Crippen molar-refractivity contribution in [1.82, 2.24) is 15.2 Å². The van der Waals surface area contributed by atoms with E-state index in [4.69, 9.17) is 0 Å². The Labute approximate surface area is 117 Å². The van der Waals surface area contributed by atoms with Crippen molar-refractivity contribution in [2.45, 2.75) is 52.2 Å². The molecule has 19 heavy (non-hydrogen) atoms. The van der Waals surface area contributed by atoms with Crippen molar-refractivity contribution in [1.29, 1.82) is 0 Å². The lowest BCUT2D eigenvalue weighted by molar-refractivity contribution is 0.150. The first-order chi connectivity index (χ1) is 9.20. The van der Waals surface area contributed by atoms with Crippen molar-refractivity contribution >= 4 is 0 Å². The van der Waals surface area contributed by atoms with Gasteiger partial charge in [-0.15, -0.1) is 0 Å². The topological polar surface area (TPSA) is 28.2 Å². The summed E-state index contributed by atoms with van der Waals surface area (Å²) in [6.07, 6.45) is 6.49. The Morgan fingerprint density at radius 3 is 2.53 bits per heavy atom. The SMILES string of the molecule is CCN(Cc1ccncc1)C(CNC1CC1)C(C)C. The smallest absolute Gasteiger partial charge is 0.0271 e. The highest BCUT2D eigenvalue weighted by Crippen LogP contribution is 2.20. The first-order valence-corrected chi connectivity index (χ1v) is 7.57. The first-order valence-electron chi connectivity index (χ1n) is 7.57. The Morgan fingerprint density at radius 2 is 2.00 bits per heavy atom. The predicted octanol–water partition coefficient (Wildman–Crippen LogP) is 2.68. The summed E-state index contributed by atoms with van der Waals surface area (Å²) in [6.45, 7) is 10.1. The van der Waals surface area contributed by atoms with Gasteiger partial charge in [-0.25, -0.2) is 0 Å². The van der Waals surface area contributed by atoms with Crippen molar-refractivity contribution in [3.05, 3.63) is 30.1 Å². The van der Waals surface area contributed by atoms with E-state index in [1.54, 1.807) is 0 Å². The first kappa shape index (κ1) is 14.5. The zero-order chi connectivity index (χ0) is 13.7. The lowest BCUT2D eigenvalue weighted by Crippen LogP contribution is -2.45. The van der Waals surface area contributed by atoms with E-state index in [1.165, 1.54) is 18.4 Å². The molecule has 0 saturated heterocycles. The van der Waals surface area contributed by atoms with Crippen molar-refractivity contribution in [2.75, 3.05) is 13.1 Å². The number of aromatic nitrogens is 1. The summed E-state index contributed by atoms with van der Waals surface area (Å²) in [6, 6.07) is 5.64. The summed E-state index contributed by atoms with van der Waals surface area (Å²) < 4.78 is 0. The number of rotatable bonds is 8. The Bertz CT molecular complexity index is 360. The van der Waals surface area contributed by atoms with Crippen LogP contribution in [0.2, 0.25) is 0 Å². The van der Waals surface area contributed by atoms with Gasteiger partial charge in [0.1, 0.15) is 0 Å². The molecule has 0 aliphatic heterocycles. The van der Waals surface area contributed by atoms with Crippen LogP contribution in [0.25, 0.3) is 0 Å². The van der Waals surface area contributed by atoms with E-state index in [9.17, 15) is 0 Å². The molecule has 0 radical (unpaired) electrons. The van der Waals surface area contributed by atoms with Crippen molar-refractivity contribution in [2.24, 2.45) is 5.92 Å². The normalized spacial score (nSPS) is 17.1. The third-order valence-electron chi connectivity index (χ3n) is 3.97. The number of likely N-dealkylation sites (N-methyl/N-ethyl adjacent to an activating group) is 1. The molecule has 1 aromatic heterocycles. The van der Waals surface area contributed by atoms with Gasteiger partial charge in [0, 0.05) is 37.6 Å². The van der Waals surface area contributed by atoms with Crippen LogP contribution in [0.15, 0.2) is 24.5 Å². The Hall–Kier alpha value is -0.930. The maximum absolute atomic E-state index is 4.10. The van der Waals surface area contributed by atoms with E-state index in [1.807, 2.05) is 12.4 Å². The highest BCUT2D eigenvalue weighted by molar-refractivity contribution is 5.09. The van der Waals surface area contributed by atoms with E-state index in [2.05, 4.69) is 48.1 Å². The van der Waals surface area contributed by atoms with E-state index in [0.717, 1.165) is 25.7 Å². The van der Waals surface area contributed by atoms with Crippen LogP contribution in [0.4, 0.5) is 0 Å². The Morgan fingerprint density at radius 1 is 1.32 bits per heavy atom. The molecule has 1 saturated carbocycles. The summed E-state index contributed by atoms with van der Waals surface area (Å²) in [5.74, 6) is 0.674. The van der Waals surface area contributed by atoms with Gasteiger partial charge in [-0.3, -0.25) is 9.88 Å². The van der Waals surface area contributed by atoms with Gasteiger partial charge in [0.05, 0.1) is 0 Å². The zero-order valence-electron chi connectivity index (χ0n) is 12.5. The molecule has 1 aromatic rings. The second kappa shape index (κ2) is 7.01. The minimum absolute atomic E-state index is 0.610. The van der Waals surface area contributed by atoms with Crippen molar-refractivity contribution in [3.8, 4) is 0 Å². The van der Waals surface area contributed by atoms with Crippen LogP contribution in [-0.4, -0.2) is 35.1 Å². The van der Waals surface area contributed by atoms with E-state index < -0.39 is 0 Å². The molecule has 3 nitrogen and oxygen atoms in total. The minimum Gasteiger partial charge on any atom is -0.312 e. The lowest BCUT2D eigenvalue weighted by Gasteiger charge is -2.34. The monoisotopic (exact) mass is 261 g/mol. The molecule has 1 unspecified atom stereocenters. The summed E-state index contributed by atoms with van der Waals surface area (Å²) in [7, 11) is 0. The van der Waals surface area contributed by atoms with Gasteiger partial charge < -0.3 is 5.32 Å². The standard InChI is InChI=1S/C16H27N3/c1-4-19(12-14-7-9-17-10-8-14)16(13(2)3)11-18-15-5-6-15/h7-10,13,15-16,18H,4-6,11-12H2,1-3H3. The molecule has 1 aliphatic rings. The number of nitrogens with zero attached hydrogens (tertiary/aromatic N) is 2. The molecule has 3 heteroatoms. The molecule has 0 spiro atoms. The van der Waals surface area contributed by atoms with Crippen LogP contribution in [-0.2, 0) is 6.54 Å². The van der Waals surface area contributed by atoms with Gasteiger partial charge in [-0.1, -0.05) is 20.8 Å². The van der Waals surface area contributed by atoms with E-state index in [0.29, 0.717) is 12.0 Å². The predicted molar refractivity (Wildman–Crippen MR) is 80.0 cm³/mol. The highest BCUT2D eigenvalue weighted by atomic mass is 15.2. The number of hydrogen-bond donors (Lipinski definition) is 1. The maximum atomic E-state index is 4.10. The van der Waals surface area contributed by atoms with Gasteiger partial charge in [0.25, 0.3) is 0 Å². The molecular weight excluding hydrogens is 234 g/mol. The van der Waals surface area contributed by atoms with E-state index in [-0.39, 0.29) is 0 Å². The van der Waals surface area contributed by atoms with Crippen molar-refractivity contribution in [3.63, 3.8) is 0 Å². The van der Waals surface area contributed by atoms with Crippen LogP contribution < -0.4 is 5.32 Å². The molecular formula is C16H27N3. The fourth-order valence-electron chi connectivity index (χ4n) is 2.55. The molecule has 0 amide bonds.